The summed E-state index contributed by atoms with van der Waals surface area (Å²) in [5.41, 5.74) is 0.838. The topological polar surface area (TPSA) is 29.0 Å². The smallest absolute Gasteiger partial charge is 0.147 e. The van der Waals surface area contributed by atoms with Crippen LogP contribution in [0, 0.1) is 11.8 Å². The third-order valence-corrected chi connectivity index (χ3v) is 3.26. The lowest BCUT2D eigenvalue weighted by Crippen LogP contribution is -2.22. The molecule has 1 aromatic heterocycles. The largest absolute Gasteiger partial charge is 0.358 e. The molecule has 2 unspecified atom stereocenters. The van der Waals surface area contributed by atoms with E-state index in [-0.39, 0.29) is 0 Å². The van der Waals surface area contributed by atoms with Gasteiger partial charge in [-0.05, 0) is 18.3 Å². The first-order valence-electron chi connectivity index (χ1n) is 5.28. The summed E-state index contributed by atoms with van der Waals surface area (Å²) in [5, 5.41) is 0. The van der Waals surface area contributed by atoms with Gasteiger partial charge in [0.1, 0.15) is 5.82 Å². The SMILES string of the molecule is CC1CC1CN(C)c1cncc(CCl)n1. The summed E-state index contributed by atoms with van der Waals surface area (Å²) >= 11 is 5.72. The highest BCUT2D eigenvalue weighted by atomic mass is 35.5. The number of aromatic nitrogens is 2. The van der Waals surface area contributed by atoms with Crippen molar-refractivity contribution in [1.82, 2.24) is 9.97 Å². The minimum Gasteiger partial charge on any atom is -0.358 e. The highest BCUT2D eigenvalue weighted by Crippen LogP contribution is 2.38. The molecule has 2 rings (SSSR count). The van der Waals surface area contributed by atoms with Crippen LogP contribution in [0.5, 0.6) is 0 Å². The van der Waals surface area contributed by atoms with E-state index in [2.05, 4.69) is 28.8 Å². The summed E-state index contributed by atoms with van der Waals surface area (Å²) in [6.45, 7) is 3.36. The van der Waals surface area contributed by atoms with Gasteiger partial charge in [0.25, 0.3) is 0 Å². The van der Waals surface area contributed by atoms with Crippen molar-refractivity contribution in [3.8, 4) is 0 Å². The second-order valence-corrected chi connectivity index (χ2v) is 4.62. The highest BCUT2D eigenvalue weighted by Gasteiger charge is 2.33. The fourth-order valence-corrected chi connectivity index (χ4v) is 1.87. The van der Waals surface area contributed by atoms with Gasteiger partial charge in [0.2, 0.25) is 0 Å². The number of halogens is 1. The number of anilines is 1. The van der Waals surface area contributed by atoms with Gasteiger partial charge in [0.05, 0.1) is 17.8 Å². The van der Waals surface area contributed by atoms with Crippen LogP contribution in [0.15, 0.2) is 12.4 Å². The molecular weight excluding hydrogens is 210 g/mol. The van der Waals surface area contributed by atoms with Crippen molar-refractivity contribution >= 4 is 17.4 Å². The van der Waals surface area contributed by atoms with Crippen LogP contribution in [-0.4, -0.2) is 23.6 Å². The number of hydrogen-bond acceptors (Lipinski definition) is 3. The van der Waals surface area contributed by atoms with Gasteiger partial charge in [0, 0.05) is 19.8 Å². The van der Waals surface area contributed by atoms with Crippen LogP contribution in [0.3, 0.4) is 0 Å². The van der Waals surface area contributed by atoms with Crippen LogP contribution in [-0.2, 0) is 5.88 Å². The van der Waals surface area contributed by atoms with Gasteiger partial charge in [-0.2, -0.15) is 0 Å². The Labute approximate surface area is 95.5 Å². The molecule has 0 spiro atoms. The zero-order valence-corrected chi connectivity index (χ0v) is 9.91. The minimum atomic E-state index is 0.425. The Morgan fingerprint density at radius 2 is 2.27 bits per heavy atom. The number of nitrogens with zero attached hydrogens (tertiary/aromatic N) is 3. The molecule has 0 amide bonds. The number of alkyl halides is 1. The van der Waals surface area contributed by atoms with Gasteiger partial charge < -0.3 is 4.90 Å². The molecule has 82 valence electrons. The Morgan fingerprint density at radius 3 is 2.87 bits per heavy atom. The van der Waals surface area contributed by atoms with Crippen molar-refractivity contribution in [3.05, 3.63) is 18.1 Å². The average molecular weight is 226 g/mol. The lowest BCUT2D eigenvalue weighted by Gasteiger charge is -2.17. The van der Waals surface area contributed by atoms with Gasteiger partial charge >= 0.3 is 0 Å². The molecule has 1 fully saturated rings. The van der Waals surface area contributed by atoms with Crippen molar-refractivity contribution in [3.63, 3.8) is 0 Å². The molecule has 15 heavy (non-hydrogen) atoms. The first-order chi connectivity index (χ1) is 7.20. The van der Waals surface area contributed by atoms with E-state index in [1.54, 1.807) is 12.4 Å². The molecule has 1 saturated carbocycles. The van der Waals surface area contributed by atoms with Crippen molar-refractivity contribution < 1.29 is 0 Å². The van der Waals surface area contributed by atoms with E-state index >= 15 is 0 Å². The second-order valence-electron chi connectivity index (χ2n) is 4.36. The van der Waals surface area contributed by atoms with Gasteiger partial charge in [-0.1, -0.05) is 6.92 Å². The zero-order chi connectivity index (χ0) is 10.8. The van der Waals surface area contributed by atoms with Crippen molar-refractivity contribution in [2.45, 2.75) is 19.2 Å². The lowest BCUT2D eigenvalue weighted by atomic mass is 10.3. The average Bonchev–Trinajstić information content (AvgIpc) is 2.94. The molecule has 0 N–H and O–H groups in total. The Morgan fingerprint density at radius 1 is 1.53 bits per heavy atom. The predicted molar refractivity (Wildman–Crippen MR) is 62.1 cm³/mol. The summed E-state index contributed by atoms with van der Waals surface area (Å²) < 4.78 is 0. The first kappa shape index (κ1) is 10.7. The second kappa shape index (κ2) is 4.35. The van der Waals surface area contributed by atoms with E-state index in [9.17, 15) is 0 Å². The standard InChI is InChI=1S/C11H16ClN3/c1-8-3-9(8)7-15(2)11-6-13-5-10(4-12)14-11/h5-6,8-9H,3-4,7H2,1-2H3. The molecule has 3 nitrogen and oxygen atoms in total. The van der Waals surface area contributed by atoms with Crippen LogP contribution in [0.1, 0.15) is 19.0 Å². The summed E-state index contributed by atoms with van der Waals surface area (Å²) in [5.74, 6) is 3.05. The molecule has 2 atom stereocenters. The third kappa shape index (κ3) is 2.59. The van der Waals surface area contributed by atoms with Gasteiger partial charge in [-0.15, -0.1) is 11.6 Å². The van der Waals surface area contributed by atoms with E-state index in [0.29, 0.717) is 5.88 Å². The van der Waals surface area contributed by atoms with E-state index in [4.69, 9.17) is 11.6 Å². The van der Waals surface area contributed by atoms with Crippen LogP contribution >= 0.6 is 11.6 Å². The zero-order valence-electron chi connectivity index (χ0n) is 9.15. The normalized spacial score (nSPS) is 23.9. The summed E-state index contributed by atoms with van der Waals surface area (Å²) in [6.07, 6.45) is 4.85. The van der Waals surface area contributed by atoms with Crippen molar-refractivity contribution in [2.24, 2.45) is 11.8 Å². The van der Waals surface area contributed by atoms with Gasteiger partial charge in [-0.25, -0.2) is 4.98 Å². The molecule has 0 aliphatic heterocycles. The number of rotatable bonds is 4. The van der Waals surface area contributed by atoms with Crippen LogP contribution in [0.4, 0.5) is 5.82 Å². The minimum absolute atomic E-state index is 0.425. The van der Waals surface area contributed by atoms with Crippen molar-refractivity contribution in [2.75, 3.05) is 18.5 Å². The maximum atomic E-state index is 5.72. The fraction of sp³-hybridized carbons (Fsp3) is 0.636. The van der Waals surface area contributed by atoms with E-state index in [1.807, 2.05) is 0 Å². The summed E-state index contributed by atoms with van der Waals surface area (Å²) in [6, 6.07) is 0. The molecular formula is C11H16ClN3. The van der Waals surface area contributed by atoms with Crippen LogP contribution in [0.2, 0.25) is 0 Å². The van der Waals surface area contributed by atoms with Gasteiger partial charge in [-0.3, -0.25) is 4.98 Å². The quantitative estimate of drug-likeness (QED) is 0.737. The highest BCUT2D eigenvalue weighted by molar-refractivity contribution is 6.16. The fourth-order valence-electron chi connectivity index (χ4n) is 1.74. The van der Waals surface area contributed by atoms with E-state index < -0.39 is 0 Å². The van der Waals surface area contributed by atoms with Crippen LogP contribution in [0.25, 0.3) is 0 Å². The molecule has 1 aromatic rings. The Kier molecular flexibility index (Phi) is 3.10. The number of hydrogen-bond donors (Lipinski definition) is 0. The molecule has 1 aliphatic carbocycles. The predicted octanol–water partition coefficient (Wildman–Crippen LogP) is 2.31. The Bertz CT molecular complexity index is 342. The molecule has 0 saturated heterocycles. The summed E-state index contributed by atoms with van der Waals surface area (Å²) in [7, 11) is 2.06. The maximum absolute atomic E-state index is 5.72. The van der Waals surface area contributed by atoms with E-state index in [0.717, 1.165) is 29.9 Å². The molecule has 1 aliphatic rings. The first-order valence-corrected chi connectivity index (χ1v) is 5.82. The van der Waals surface area contributed by atoms with E-state index in [1.165, 1.54) is 6.42 Å². The molecule has 0 aromatic carbocycles. The molecule has 4 heteroatoms. The van der Waals surface area contributed by atoms with Crippen molar-refractivity contribution in [1.29, 1.82) is 0 Å². The molecule has 1 heterocycles. The molecule has 0 bridgehead atoms. The molecule has 0 radical (unpaired) electrons. The summed E-state index contributed by atoms with van der Waals surface area (Å²) in [4.78, 5) is 10.7. The Balaban J connectivity index is 2.00. The van der Waals surface area contributed by atoms with Gasteiger partial charge in [0.15, 0.2) is 0 Å². The monoisotopic (exact) mass is 225 g/mol. The van der Waals surface area contributed by atoms with Crippen LogP contribution < -0.4 is 4.90 Å². The Hall–Kier alpha value is -0.830. The third-order valence-electron chi connectivity index (χ3n) is 2.98. The maximum Gasteiger partial charge on any atom is 0.147 e. The lowest BCUT2D eigenvalue weighted by molar-refractivity contribution is 0.717.